The maximum Gasteiger partial charge on any atom is 0.335 e. The summed E-state index contributed by atoms with van der Waals surface area (Å²) in [6.07, 6.45) is 0. The summed E-state index contributed by atoms with van der Waals surface area (Å²) >= 11 is 0. The van der Waals surface area contributed by atoms with Crippen molar-refractivity contribution in [3.63, 3.8) is 0 Å². The highest BCUT2D eigenvalue weighted by atomic mass is 16.7. The SMILES string of the molecule is CCOc1cc(C(=O)O)cc2c1OC(C)(C)O2. The Kier molecular flexibility index (Phi) is 2.61. The molecule has 1 heterocycles. The molecule has 0 radical (unpaired) electrons. The van der Waals surface area contributed by atoms with E-state index in [9.17, 15) is 4.79 Å². The predicted molar refractivity (Wildman–Crippen MR) is 59.9 cm³/mol. The van der Waals surface area contributed by atoms with E-state index in [4.69, 9.17) is 19.3 Å². The van der Waals surface area contributed by atoms with Crippen molar-refractivity contribution in [3.05, 3.63) is 17.7 Å². The fourth-order valence-corrected chi connectivity index (χ4v) is 1.67. The Morgan fingerprint density at radius 3 is 2.71 bits per heavy atom. The number of rotatable bonds is 3. The predicted octanol–water partition coefficient (Wildman–Crippen LogP) is 2.29. The van der Waals surface area contributed by atoms with Crippen molar-refractivity contribution in [1.29, 1.82) is 0 Å². The number of hydrogen-bond donors (Lipinski definition) is 1. The van der Waals surface area contributed by atoms with Crippen LogP contribution in [0.4, 0.5) is 0 Å². The van der Waals surface area contributed by atoms with Crippen molar-refractivity contribution in [2.75, 3.05) is 6.61 Å². The van der Waals surface area contributed by atoms with Gasteiger partial charge in [0.1, 0.15) is 0 Å². The highest BCUT2D eigenvalue weighted by Crippen LogP contribution is 2.46. The Morgan fingerprint density at radius 1 is 1.41 bits per heavy atom. The average molecular weight is 238 g/mol. The molecule has 17 heavy (non-hydrogen) atoms. The van der Waals surface area contributed by atoms with Gasteiger partial charge in [-0.05, 0) is 19.1 Å². The largest absolute Gasteiger partial charge is 0.490 e. The number of fused-ring (bicyclic) bond motifs is 1. The summed E-state index contributed by atoms with van der Waals surface area (Å²) in [5, 5.41) is 8.99. The van der Waals surface area contributed by atoms with Crippen molar-refractivity contribution in [3.8, 4) is 17.2 Å². The van der Waals surface area contributed by atoms with Crippen LogP contribution in [0, 0.1) is 0 Å². The summed E-state index contributed by atoms with van der Waals surface area (Å²) in [4.78, 5) is 11.0. The minimum Gasteiger partial charge on any atom is -0.490 e. The van der Waals surface area contributed by atoms with Gasteiger partial charge in [-0.15, -0.1) is 0 Å². The fraction of sp³-hybridized carbons (Fsp3) is 0.417. The molecule has 0 aromatic heterocycles. The lowest BCUT2D eigenvalue weighted by molar-refractivity contribution is -0.0441. The van der Waals surface area contributed by atoms with Crippen LogP contribution in [0.2, 0.25) is 0 Å². The van der Waals surface area contributed by atoms with Gasteiger partial charge in [0, 0.05) is 13.8 Å². The second-order valence-corrected chi connectivity index (χ2v) is 4.14. The quantitative estimate of drug-likeness (QED) is 0.875. The van der Waals surface area contributed by atoms with E-state index in [1.165, 1.54) is 12.1 Å². The van der Waals surface area contributed by atoms with Gasteiger partial charge in [0.05, 0.1) is 12.2 Å². The summed E-state index contributed by atoms with van der Waals surface area (Å²) in [5.74, 6) is -0.569. The zero-order valence-corrected chi connectivity index (χ0v) is 9.94. The molecule has 1 N–H and O–H groups in total. The maximum absolute atomic E-state index is 11.0. The van der Waals surface area contributed by atoms with Gasteiger partial charge >= 0.3 is 5.97 Å². The van der Waals surface area contributed by atoms with E-state index in [0.29, 0.717) is 23.9 Å². The van der Waals surface area contributed by atoms with E-state index in [2.05, 4.69) is 0 Å². The maximum atomic E-state index is 11.0. The Balaban J connectivity index is 2.49. The highest BCUT2D eigenvalue weighted by Gasteiger charge is 2.35. The summed E-state index contributed by atoms with van der Waals surface area (Å²) < 4.78 is 16.4. The molecule has 1 aliphatic rings. The Labute approximate surface area is 98.9 Å². The van der Waals surface area contributed by atoms with E-state index in [0.717, 1.165) is 0 Å². The van der Waals surface area contributed by atoms with Crippen LogP contribution >= 0.6 is 0 Å². The molecule has 0 saturated carbocycles. The lowest BCUT2D eigenvalue weighted by atomic mass is 10.2. The third-order valence-corrected chi connectivity index (χ3v) is 2.27. The van der Waals surface area contributed by atoms with Crippen LogP contribution in [0.5, 0.6) is 17.2 Å². The third kappa shape index (κ3) is 2.13. The summed E-state index contributed by atoms with van der Waals surface area (Å²) in [6, 6.07) is 2.88. The number of aromatic carboxylic acids is 1. The first-order chi connectivity index (χ1) is 7.93. The monoisotopic (exact) mass is 238 g/mol. The smallest absolute Gasteiger partial charge is 0.335 e. The molecular weight excluding hydrogens is 224 g/mol. The van der Waals surface area contributed by atoms with Crippen LogP contribution in [0.1, 0.15) is 31.1 Å². The van der Waals surface area contributed by atoms with E-state index in [1.54, 1.807) is 13.8 Å². The van der Waals surface area contributed by atoms with Crippen molar-refractivity contribution < 1.29 is 24.1 Å². The Hall–Kier alpha value is -1.91. The van der Waals surface area contributed by atoms with Crippen LogP contribution in [0.25, 0.3) is 0 Å². The van der Waals surface area contributed by atoms with E-state index in [1.807, 2.05) is 6.92 Å². The molecule has 5 nitrogen and oxygen atoms in total. The second kappa shape index (κ2) is 3.84. The summed E-state index contributed by atoms with van der Waals surface area (Å²) in [6.45, 7) is 5.76. The first-order valence-electron chi connectivity index (χ1n) is 5.35. The van der Waals surface area contributed by atoms with E-state index >= 15 is 0 Å². The number of carboxylic acids is 1. The molecule has 0 fully saturated rings. The highest BCUT2D eigenvalue weighted by molar-refractivity contribution is 5.89. The van der Waals surface area contributed by atoms with E-state index in [-0.39, 0.29) is 5.56 Å². The third-order valence-electron chi connectivity index (χ3n) is 2.27. The van der Waals surface area contributed by atoms with Gasteiger partial charge in [0.15, 0.2) is 11.5 Å². The van der Waals surface area contributed by atoms with Crippen molar-refractivity contribution in [2.24, 2.45) is 0 Å². The normalized spacial score (nSPS) is 15.7. The molecule has 1 aromatic rings. The minimum atomic E-state index is -1.03. The number of hydrogen-bond acceptors (Lipinski definition) is 4. The number of carbonyl (C=O) groups is 1. The van der Waals surface area contributed by atoms with Crippen molar-refractivity contribution in [1.82, 2.24) is 0 Å². The molecule has 0 aliphatic carbocycles. The fourth-order valence-electron chi connectivity index (χ4n) is 1.67. The van der Waals surface area contributed by atoms with Crippen LogP contribution in [-0.4, -0.2) is 23.5 Å². The number of benzene rings is 1. The minimum absolute atomic E-state index is 0.119. The van der Waals surface area contributed by atoms with Gasteiger partial charge in [-0.1, -0.05) is 0 Å². The lowest BCUT2D eigenvalue weighted by Crippen LogP contribution is -2.29. The second-order valence-electron chi connectivity index (χ2n) is 4.14. The first kappa shape index (κ1) is 11.6. The van der Waals surface area contributed by atoms with Gasteiger partial charge < -0.3 is 19.3 Å². The average Bonchev–Trinajstić information content (AvgIpc) is 2.52. The molecule has 0 atom stereocenters. The zero-order chi connectivity index (χ0) is 12.6. The van der Waals surface area contributed by atoms with Crippen LogP contribution in [0.3, 0.4) is 0 Å². The van der Waals surface area contributed by atoms with Gasteiger partial charge in [-0.3, -0.25) is 0 Å². The van der Waals surface area contributed by atoms with Crippen LogP contribution in [0.15, 0.2) is 12.1 Å². The molecule has 0 saturated heterocycles. The molecular formula is C12H14O5. The van der Waals surface area contributed by atoms with Gasteiger partial charge in [-0.2, -0.15) is 0 Å². The van der Waals surface area contributed by atoms with E-state index < -0.39 is 11.8 Å². The van der Waals surface area contributed by atoms with Crippen LogP contribution < -0.4 is 14.2 Å². The topological polar surface area (TPSA) is 65.0 Å². The molecule has 5 heteroatoms. The molecule has 1 aliphatic heterocycles. The lowest BCUT2D eigenvalue weighted by Gasteiger charge is -2.16. The Bertz CT molecular complexity index is 464. The van der Waals surface area contributed by atoms with Gasteiger partial charge in [0.2, 0.25) is 11.5 Å². The number of ether oxygens (including phenoxy) is 3. The van der Waals surface area contributed by atoms with Crippen molar-refractivity contribution >= 4 is 5.97 Å². The molecule has 2 rings (SSSR count). The van der Waals surface area contributed by atoms with Crippen LogP contribution in [-0.2, 0) is 0 Å². The van der Waals surface area contributed by atoms with Crippen molar-refractivity contribution in [2.45, 2.75) is 26.6 Å². The molecule has 0 spiro atoms. The Morgan fingerprint density at radius 2 is 2.12 bits per heavy atom. The standard InChI is InChI=1S/C12H14O5/c1-4-15-8-5-7(11(13)14)6-9-10(8)17-12(2,3)16-9/h5-6H,4H2,1-3H3,(H,13,14). The molecule has 92 valence electrons. The van der Waals surface area contributed by atoms with Gasteiger partial charge in [0.25, 0.3) is 0 Å². The molecule has 0 amide bonds. The van der Waals surface area contributed by atoms with Gasteiger partial charge in [-0.25, -0.2) is 4.79 Å². The first-order valence-corrected chi connectivity index (χ1v) is 5.35. The molecule has 1 aromatic carbocycles. The zero-order valence-electron chi connectivity index (χ0n) is 9.94. The summed E-state index contributed by atoms with van der Waals surface area (Å²) in [5.41, 5.74) is 0.119. The number of carboxylic acid groups (broad SMARTS) is 1. The molecule has 0 unspecified atom stereocenters. The molecule has 0 bridgehead atoms. The summed E-state index contributed by atoms with van der Waals surface area (Å²) in [7, 11) is 0.